The van der Waals surface area contributed by atoms with E-state index in [4.69, 9.17) is 9.15 Å². The Morgan fingerprint density at radius 1 is 1.23 bits per heavy atom. The lowest BCUT2D eigenvalue weighted by atomic mass is 10.0. The summed E-state index contributed by atoms with van der Waals surface area (Å²) in [5, 5.41) is 20.3. The minimum Gasteiger partial charge on any atom is -0.507 e. The number of rotatable bonds is 5. The second-order valence-corrected chi connectivity index (χ2v) is 6.22. The molecule has 5 nitrogen and oxygen atoms in total. The van der Waals surface area contributed by atoms with E-state index in [2.05, 4.69) is 6.58 Å². The van der Waals surface area contributed by atoms with E-state index in [9.17, 15) is 15.0 Å². The quantitative estimate of drug-likeness (QED) is 0.685. The lowest BCUT2D eigenvalue weighted by molar-refractivity contribution is 0.212. The Bertz CT molecular complexity index is 1010. The third kappa shape index (κ3) is 3.34. The van der Waals surface area contributed by atoms with E-state index in [1.807, 2.05) is 0 Å². The van der Waals surface area contributed by atoms with Crippen LogP contribution >= 0.6 is 0 Å². The maximum atomic E-state index is 12.6. The van der Waals surface area contributed by atoms with E-state index in [0.717, 1.165) is 0 Å². The topological polar surface area (TPSA) is 79.9 Å². The minimum atomic E-state index is -0.766. The van der Waals surface area contributed by atoms with E-state index in [0.29, 0.717) is 28.2 Å². The number of aliphatic hydroxyl groups excluding tert-OH is 1. The molecule has 134 valence electrons. The second kappa shape index (κ2) is 7.06. The smallest absolute Gasteiger partial charge is 0.197 e. The molecule has 0 saturated carbocycles. The van der Waals surface area contributed by atoms with Crippen molar-refractivity contribution in [3.8, 4) is 22.8 Å². The molecule has 26 heavy (non-hydrogen) atoms. The second-order valence-electron chi connectivity index (χ2n) is 6.22. The molecule has 2 aromatic carbocycles. The molecule has 1 aromatic heterocycles. The van der Waals surface area contributed by atoms with Gasteiger partial charge in [-0.2, -0.15) is 0 Å². The van der Waals surface area contributed by atoms with Gasteiger partial charge in [0.25, 0.3) is 0 Å². The van der Waals surface area contributed by atoms with Gasteiger partial charge in [-0.25, -0.2) is 0 Å². The lowest BCUT2D eigenvalue weighted by Gasteiger charge is -2.13. The fraction of sp³-hybridized carbons (Fsp3) is 0.190. The summed E-state index contributed by atoms with van der Waals surface area (Å²) in [5.41, 5.74) is 1.87. The molecular weight excluding hydrogens is 332 g/mol. The molecule has 0 fully saturated rings. The average Bonchev–Trinajstić information content (AvgIpc) is 2.63. The van der Waals surface area contributed by atoms with Gasteiger partial charge in [0.15, 0.2) is 5.43 Å². The lowest BCUT2D eigenvalue weighted by Crippen LogP contribution is -2.12. The van der Waals surface area contributed by atoms with E-state index in [-0.39, 0.29) is 28.6 Å². The summed E-state index contributed by atoms with van der Waals surface area (Å²) in [6, 6.07) is 11.5. The van der Waals surface area contributed by atoms with Gasteiger partial charge in [0, 0.05) is 18.1 Å². The Morgan fingerprint density at radius 3 is 2.54 bits per heavy atom. The predicted octanol–water partition coefficient (Wildman–Crippen LogP) is 3.65. The number of fused-ring (bicyclic) bond motifs is 1. The highest BCUT2D eigenvalue weighted by Crippen LogP contribution is 2.30. The van der Waals surface area contributed by atoms with Crippen molar-refractivity contribution in [3.63, 3.8) is 0 Å². The van der Waals surface area contributed by atoms with Crippen LogP contribution in [0.3, 0.4) is 0 Å². The fourth-order valence-corrected chi connectivity index (χ4v) is 2.74. The molecule has 0 aliphatic rings. The number of methoxy groups -OCH3 is 1. The molecule has 0 saturated heterocycles. The SMILES string of the molecule is C=C(C)C(O)Cc1ccc(O)c2c(=O)cc(-c3ccc(OC)cc3)oc12. The monoisotopic (exact) mass is 352 g/mol. The number of hydrogen-bond acceptors (Lipinski definition) is 5. The molecule has 1 atom stereocenters. The van der Waals surface area contributed by atoms with Crippen LogP contribution in [0.4, 0.5) is 0 Å². The third-order valence-electron chi connectivity index (χ3n) is 4.29. The number of benzene rings is 2. The van der Waals surface area contributed by atoms with Crippen LogP contribution in [-0.2, 0) is 6.42 Å². The Hall–Kier alpha value is -3.05. The van der Waals surface area contributed by atoms with Gasteiger partial charge in [0.2, 0.25) is 0 Å². The summed E-state index contributed by atoms with van der Waals surface area (Å²) in [5.74, 6) is 0.921. The van der Waals surface area contributed by atoms with Crippen LogP contribution in [0.15, 0.2) is 63.8 Å². The van der Waals surface area contributed by atoms with Crippen molar-refractivity contribution >= 4 is 11.0 Å². The van der Waals surface area contributed by atoms with Gasteiger partial charge in [0.05, 0.1) is 13.2 Å². The molecule has 0 aliphatic carbocycles. The van der Waals surface area contributed by atoms with E-state index in [1.54, 1.807) is 44.4 Å². The highest BCUT2D eigenvalue weighted by molar-refractivity contribution is 5.87. The summed E-state index contributed by atoms with van der Waals surface area (Å²) in [6.07, 6.45) is -0.529. The van der Waals surface area contributed by atoms with Gasteiger partial charge in [-0.1, -0.05) is 18.2 Å². The zero-order valence-corrected chi connectivity index (χ0v) is 14.7. The highest BCUT2D eigenvalue weighted by Gasteiger charge is 2.17. The molecule has 2 N–H and O–H groups in total. The molecule has 3 rings (SSSR count). The van der Waals surface area contributed by atoms with Crippen molar-refractivity contribution in [3.05, 3.63) is 70.4 Å². The predicted molar refractivity (Wildman–Crippen MR) is 101 cm³/mol. The van der Waals surface area contributed by atoms with Gasteiger partial charge in [-0.15, -0.1) is 0 Å². The number of aromatic hydroxyl groups is 1. The zero-order chi connectivity index (χ0) is 18.8. The summed E-state index contributed by atoms with van der Waals surface area (Å²) >= 11 is 0. The van der Waals surface area contributed by atoms with E-state index in [1.165, 1.54) is 12.1 Å². The third-order valence-corrected chi connectivity index (χ3v) is 4.29. The van der Waals surface area contributed by atoms with Crippen molar-refractivity contribution in [2.75, 3.05) is 7.11 Å². The maximum absolute atomic E-state index is 12.6. The van der Waals surface area contributed by atoms with Crippen molar-refractivity contribution in [1.29, 1.82) is 0 Å². The summed E-state index contributed by atoms with van der Waals surface area (Å²) in [4.78, 5) is 12.6. The normalized spacial score (nSPS) is 12.1. The van der Waals surface area contributed by atoms with Gasteiger partial charge in [-0.3, -0.25) is 4.79 Å². The molecule has 0 amide bonds. The van der Waals surface area contributed by atoms with Crippen molar-refractivity contribution in [2.24, 2.45) is 0 Å². The van der Waals surface area contributed by atoms with Crippen LogP contribution in [0, 0.1) is 0 Å². The Balaban J connectivity index is 2.18. The number of phenols is 1. The maximum Gasteiger partial charge on any atom is 0.197 e. The average molecular weight is 352 g/mol. The molecule has 0 bridgehead atoms. The van der Waals surface area contributed by atoms with Crippen LogP contribution in [0.1, 0.15) is 12.5 Å². The van der Waals surface area contributed by atoms with Gasteiger partial charge in [0.1, 0.15) is 28.2 Å². The van der Waals surface area contributed by atoms with E-state index >= 15 is 0 Å². The molecule has 5 heteroatoms. The molecule has 3 aromatic rings. The van der Waals surface area contributed by atoms with Gasteiger partial charge in [-0.05, 0) is 42.8 Å². The Kier molecular flexibility index (Phi) is 4.82. The van der Waals surface area contributed by atoms with Crippen LogP contribution in [-0.4, -0.2) is 23.4 Å². The summed E-state index contributed by atoms with van der Waals surface area (Å²) < 4.78 is 11.1. The highest BCUT2D eigenvalue weighted by atomic mass is 16.5. The van der Waals surface area contributed by atoms with Crippen molar-refractivity contribution < 1.29 is 19.4 Å². The molecule has 0 aliphatic heterocycles. The van der Waals surface area contributed by atoms with Crippen LogP contribution in [0.2, 0.25) is 0 Å². The molecule has 1 heterocycles. The van der Waals surface area contributed by atoms with Gasteiger partial charge < -0.3 is 19.4 Å². The summed E-state index contributed by atoms with van der Waals surface area (Å²) in [6.45, 7) is 5.47. The Labute approximate surface area is 150 Å². The molecule has 0 radical (unpaired) electrons. The van der Waals surface area contributed by atoms with Crippen LogP contribution < -0.4 is 10.2 Å². The van der Waals surface area contributed by atoms with E-state index < -0.39 is 6.10 Å². The van der Waals surface area contributed by atoms with Crippen molar-refractivity contribution in [1.82, 2.24) is 0 Å². The number of phenolic OH excluding ortho intramolecular Hbond substituents is 1. The first kappa shape index (κ1) is 17.8. The number of hydrogen-bond donors (Lipinski definition) is 2. The first-order chi connectivity index (χ1) is 12.4. The first-order valence-electron chi connectivity index (χ1n) is 8.17. The van der Waals surface area contributed by atoms with Crippen LogP contribution in [0.25, 0.3) is 22.3 Å². The molecule has 0 spiro atoms. The largest absolute Gasteiger partial charge is 0.507 e. The van der Waals surface area contributed by atoms with Crippen molar-refractivity contribution in [2.45, 2.75) is 19.4 Å². The first-order valence-corrected chi connectivity index (χ1v) is 8.17. The fourth-order valence-electron chi connectivity index (χ4n) is 2.74. The van der Waals surface area contributed by atoms with Crippen LogP contribution in [0.5, 0.6) is 11.5 Å². The molecular formula is C21H20O5. The van der Waals surface area contributed by atoms with Gasteiger partial charge >= 0.3 is 0 Å². The molecule has 1 unspecified atom stereocenters. The Morgan fingerprint density at radius 2 is 1.92 bits per heavy atom. The summed E-state index contributed by atoms with van der Waals surface area (Å²) in [7, 11) is 1.58. The standard InChI is InChI=1S/C21H20O5/c1-12(2)17(23)10-14-6-9-16(22)20-18(24)11-19(26-21(14)20)13-4-7-15(25-3)8-5-13/h4-9,11,17,22-23H,1,10H2,2-3H3. The number of ether oxygens (including phenoxy) is 1. The zero-order valence-electron chi connectivity index (χ0n) is 14.7. The number of aliphatic hydroxyl groups is 1. The minimum absolute atomic E-state index is 0.105.